The zero-order chi connectivity index (χ0) is 13.0. The van der Waals surface area contributed by atoms with Gasteiger partial charge in [-0.3, -0.25) is 9.59 Å². The average Bonchev–Trinajstić information content (AvgIpc) is 2.82. The Morgan fingerprint density at radius 3 is 2.61 bits per heavy atom. The number of hydrogen-bond acceptors (Lipinski definition) is 4. The number of nitrogens with zero attached hydrogens (tertiary/aromatic N) is 3. The van der Waals surface area contributed by atoms with E-state index in [-0.39, 0.29) is 24.4 Å². The van der Waals surface area contributed by atoms with Gasteiger partial charge in [0, 0.05) is 6.04 Å². The maximum atomic E-state index is 11.7. The predicted octanol–water partition coefficient (Wildman–Crippen LogP) is 0.0377. The van der Waals surface area contributed by atoms with E-state index in [0.29, 0.717) is 12.8 Å². The molecule has 1 aromatic heterocycles. The number of aromatic nitrogens is 3. The first-order valence-electron chi connectivity index (χ1n) is 5.99. The Bertz CT molecular complexity index is 410. The molecule has 1 aliphatic rings. The number of carbonyl (C=O) groups is 2. The van der Waals surface area contributed by atoms with Crippen LogP contribution >= 0.6 is 0 Å². The molecule has 1 aromatic rings. The molecule has 1 amide bonds. The smallest absolute Gasteiger partial charge is 0.306 e. The van der Waals surface area contributed by atoms with E-state index < -0.39 is 5.97 Å². The molecule has 0 bridgehead atoms. The summed E-state index contributed by atoms with van der Waals surface area (Å²) in [5, 5.41) is 15.6. The predicted molar refractivity (Wildman–Crippen MR) is 61.5 cm³/mol. The van der Waals surface area contributed by atoms with Crippen molar-refractivity contribution in [1.29, 1.82) is 0 Å². The molecular formula is C11H16N4O3. The molecule has 0 radical (unpaired) electrons. The largest absolute Gasteiger partial charge is 0.481 e. The minimum atomic E-state index is -0.734. The maximum Gasteiger partial charge on any atom is 0.306 e. The fraction of sp³-hybridized carbons (Fsp3) is 0.636. The summed E-state index contributed by atoms with van der Waals surface area (Å²) >= 11 is 0. The van der Waals surface area contributed by atoms with Crippen LogP contribution in [0.1, 0.15) is 25.7 Å². The molecule has 0 spiro atoms. The van der Waals surface area contributed by atoms with Gasteiger partial charge in [-0.2, -0.15) is 5.10 Å². The molecule has 1 heterocycles. The Kier molecular flexibility index (Phi) is 3.91. The van der Waals surface area contributed by atoms with E-state index in [4.69, 9.17) is 5.11 Å². The van der Waals surface area contributed by atoms with Crippen LogP contribution in [-0.2, 0) is 16.1 Å². The van der Waals surface area contributed by atoms with Crippen LogP contribution in [0.4, 0.5) is 0 Å². The second-order valence-electron chi connectivity index (χ2n) is 4.55. The van der Waals surface area contributed by atoms with Crippen molar-refractivity contribution in [2.24, 2.45) is 5.92 Å². The number of carboxylic acid groups (broad SMARTS) is 1. The Morgan fingerprint density at radius 1 is 1.33 bits per heavy atom. The molecule has 2 N–H and O–H groups in total. The first-order chi connectivity index (χ1) is 8.65. The topological polar surface area (TPSA) is 97.1 Å². The molecule has 98 valence electrons. The van der Waals surface area contributed by atoms with Crippen LogP contribution < -0.4 is 5.32 Å². The summed E-state index contributed by atoms with van der Waals surface area (Å²) in [4.78, 5) is 26.2. The van der Waals surface area contributed by atoms with Crippen molar-refractivity contribution in [3.8, 4) is 0 Å². The van der Waals surface area contributed by atoms with Gasteiger partial charge in [-0.05, 0) is 25.7 Å². The summed E-state index contributed by atoms with van der Waals surface area (Å²) in [5.74, 6) is -1.10. The highest BCUT2D eigenvalue weighted by Crippen LogP contribution is 2.24. The summed E-state index contributed by atoms with van der Waals surface area (Å²) in [5.41, 5.74) is 0. The van der Waals surface area contributed by atoms with Gasteiger partial charge >= 0.3 is 5.97 Å². The quantitative estimate of drug-likeness (QED) is 0.788. The van der Waals surface area contributed by atoms with Crippen molar-refractivity contribution in [2.45, 2.75) is 38.3 Å². The van der Waals surface area contributed by atoms with Crippen molar-refractivity contribution in [1.82, 2.24) is 20.1 Å². The van der Waals surface area contributed by atoms with E-state index in [2.05, 4.69) is 15.4 Å². The van der Waals surface area contributed by atoms with Crippen LogP contribution in [0.25, 0.3) is 0 Å². The highest BCUT2D eigenvalue weighted by Gasteiger charge is 2.26. The van der Waals surface area contributed by atoms with Crippen LogP contribution in [0.3, 0.4) is 0 Å². The fourth-order valence-corrected chi connectivity index (χ4v) is 2.22. The molecule has 7 heteroatoms. The number of amides is 1. The minimum Gasteiger partial charge on any atom is -0.481 e. The molecule has 0 saturated heterocycles. The normalized spacial score (nSPS) is 23.6. The van der Waals surface area contributed by atoms with Gasteiger partial charge in [0.2, 0.25) is 5.91 Å². The monoisotopic (exact) mass is 252 g/mol. The summed E-state index contributed by atoms with van der Waals surface area (Å²) in [7, 11) is 0. The first-order valence-corrected chi connectivity index (χ1v) is 5.99. The number of nitrogens with one attached hydrogen (secondary N) is 1. The summed E-state index contributed by atoms with van der Waals surface area (Å²) in [6, 6.07) is 0.0802. The summed E-state index contributed by atoms with van der Waals surface area (Å²) in [6.45, 7) is 0.152. The second-order valence-corrected chi connectivity index (χ2v) is 4.55. The van der Waals surface area contributed by atoms with E-state index in [0.717, 1.165) is 12.8 Å². The molecule has 2 rings (SSSR count). The Hall–Kier alpha value is -1.92. The standard InChI is InChI=1S/C11H16N4O3/c16-10(5-15-7-12-6-13-15)14-9-3-1-8(2-4-9)11(17)18/h6-9H,1-5H2,(H,14,16)(H,17,18). The Labute approximate surface area is 104 Å². The lowest BCUT2D eigenvalue weighted by atomic mass is 9.86. The molecule has 0 aliphatic heterocycles. The van der Waals surface area contributed by atoms with Crippen molar-refractivity contribution < 1.29 is 14.7 Å². The fourth-order valence-electron chi connectivity index (χ4n) is 2.22. The zero-order valence-electron chi connectivity index (χ0n) is 9.95. The van der Waals surface area contributed by atoms with Crippen molar-refractivity contribution in [3.05, 3.63) is 12.7 Å². The van der Waals surface area contributed by atoms with Crippen LogP contribution in [-0.4, -0.2) is 37.8 Å². The number of aliphatic carboxylic acids is 1. The number of rotatable bonds is 4. The van der Waals surface area contributed by atoms with Gasteiger partial charge in [-0.25, -0.2) is 9.67 Å². The lowest BCUT2D eigenvalue weighted by molar-refractivity contribution is -0.142. The molecule has 1 aliphatic carbocycles. The van der Waals surface area contributed by atoms with Gasteiger partial charge < -0.3 is 10.4 Å². The highest BCUT2D eigenvalue weighted by molar-refractivity contribution is 5.76. The summed E-state index contributed by atoms with van der Waals surface area (Å²) in [6.07, 6.45) is 5.57. The van der Waals surface area contributed by atoms with E-state index in [9.17, 15) is 9.59 Å². The van der Waals surface area contributed by atoms with Crippen LogP contribution in [0.15, 0.2) is 12.7 Å². The van der Waals surface area contributed by atoms with Gasteiger partial charge in [0.15, 0.2) is 0 Å². The zero-order valence-corrected chi connectivity index (χ0v) is 9.95. The summed E-state index contributed by atoms with van der Waals surface area (Å²) < 4.78 is 1.46. The number of hydrogen-bond donors (Lipinski definition) is 2. The van der Waals surface area contributed by atoms with E-state index >= 15 is 0 Å². The molecule has 0 atom stereocenters. The van der Waals surface area contributed by atoms with Crippen molar-refractivity contribution in [2.75, 3.05) is 0 Å². The maximum absolute atomic E-state index is 11.7. The van der Waals surface area contributed by atoms with Gasteiger partial charge in [0.1, 0.15) is 19.2 Å². The van der Waals surface area contributed by atoms with Crippen molar-refractivity contribution in [3.63, 3.8) is 0 Å². The van der Waals surface area contributed by atoms with E-state index in [1.807, 2.05) is 0 Å². The SMILES string of the molecule is O=C(Cn1cncn1)NC1CCC(C(=O)O)CC1. The molecular weight excluding hydrogens is 236 g/mol. The Balaban J connectivity index is 1.74. The molecule has 1 saturated carbocycles. The molecule has 0 unspecified atom stereocenters. The van der Waals surface area contributed by atoms with Crippen molar-refractivity contribution >= 4 is 11.9 Å². The Morgan fingerprint density at radius 2 is 2.06 bits per heavy atom. The molecule has 18 heavy (non-hydrogen) atoms. The van der Waals surface area contributed by atoms with Gasteiger partial charge in [-0.15, -0.1) is 0 Å². The van der Waals surface area contributed by atoms with E-state index in [1.165, 1.54) is 17.3 Å². The molecule has 7 nitrogen and oxygen atoms in total. The third kappa shape index (κ3) is 3.28. The molecule has 1 fully saturated rings. The molecule has 0 aromatic carbocycles. The number of carbonyl (C=O) groups excluding carboxylic acids is 1. The first kappa shape index (κ1) is 12.5. The lowest BCUT2D eigenvalue weighted by Crippen LogP contribution is -2.40. The minimum absolute atomic E-state index is 0.0802. The van der Waals surface area contributed by atoms with Gasteiger partial charge in [0.05, 0.1) is 5.92 Å². The third-order valence-electron chi connectivity index (χ3n) is 3.21. The lowest BCUT2D eigenvalue weighted by Gasteiger charge is -2.26. The third-order valence-corrected chi connectivity index (χ3v) is 3.21. The van der Waals surface area contributed by atoms with E-state index in [1.54, 1.807) is 0 Å². The number of carboxylic acids is 1. The second kappa shape index (κ2) is 5.61. The average molecular weight is 252 g/mol. The van der Waals surface area contributed by atoms with Gasteiger partial charge in [0.25, 0.3) is 0 Å². The van der Waals surface area contributed by atoms with Gasteiger partial charge in [-0.1, -0.05) is 0 Å². The van der Waals surface area contributed by atoms with Crippen LogP contribution in [0, 0.1) is 5.92 Å². The van der Waals surface area contributed by atoms with Crippen LogP contribution in [0.5, 0.6) is 0 Å². The highest BCUT2D eigenvalue weighted by atomic mass is 16.4. The van der Waals surface area contributed by atoms with Crippen LogP contribution in [0.2, 0.25) is 0 Å².